The molecule has 1 aliphatic rings. The fourth-order valence-electron chi connectivity index (χ4n) is 4.37. The van der Waals surface area contributed by atoms with Gasteiger partial charge in [-0.25, -0.2) is 0 Å². The molecule has 2 bridgehead atoms. The van der Waals surface area contributed by atoms with Crippen LogP contribution in [0, 0.1) is 6.92 Å². The molecule has 0 saturated heterocycles. The minimum Gasteiger partial charge on any atom is -0.491 e. The second kappa shape index (κ2) is 11.1. The van der Waals surface area contributed by atoms with E-state index < -0.39 is 0 Å². The van der Waals surface area contributed by atoms with E-state index in [1.54, 1.807) is 12.4 Å². The smallest absolute Gasteiger partial charge is 0.255 e. The molecular formula is C30H29N3O3. The van der Waals surface area contributed by atoms with Crippen molar-refractivity contribution in [3.63, 3.8) is 0 Å². The average Bonchev–Trinajstić information content (AvgIpc) is 2.91. The standard InChI is InChI=1S/C30H29N3O3/c1-22-7-8-27(20-32-22)30(34)33-12-13-35-14-15-36-29-10-9-25(26-6-3-11-31-19-26)18-28(29)17-23-4-2-5-24(16-23)21-33/h2-11,16,18-20H,12-15,17,21H2,1H3. The number of aryl methyl sites for hydroxylation is 1. The fourth-order valence-corrected chi connectivity index (χ4v) is 4.37. The molecule has 6 heteroatoms. The van der Waals surface area contributed by atoms with E-state index in [4.69, 9.17) is 9.47 Å². The number of benzene rings is 2. The summed E-state index contributed by atoms with van der Waals surface area (Å²) in [6.45, 7) is 4.22. The quantitative estimate of drug-likeness (QED) is 0.401. The van der Waals surface area contributed by atoms with Crippen molar-refractivity contribution in [1.29, 1.82) is 0 Å². The molecule has 4 aromatic rings. The van der Waals surface area contributed by atoms with E-state index in [-0.39, 0.29) is 5.91 Å². The van der Waals surface area contributed by atoms with Gasteiger partial charge in [0.2, 0.25) is 0 Å². The second-order valence-corrected chi connectivity index (χ2v) is 8.94. The lowest BCUT2D eigenvalue weighted by atomic mass is 9.98. The Morgan fingerprint density at radius 3 is 2.64 bits per heavy atom. The van der Waals surface area contributed by atoms with Gasteiger partial charge in [-0.1, -0.05) is 36.4 Å². The Morgan fingerprint density at radius 2 is 1.81 bits per heavy atom. The van der Waals surface area contributed by atoms with Crippen LogP contribution in [0.25, 0.3) is 11.1 Å². The van der Waals surface area contributed by atoms with Crippen LogP contribution in [0.1, 0.15) is 32.7 Å². The van der Waals surface area contributed by atoms with Crippen molar-refractivity contribution >= 4 is 5.91 Å². The van der Waals surface area contributed by atoms with Crippen LogP contribution in [-0.2, 0) is 17.7 Å². The molecule has 0 spiro atoms. The highest BCUT2D eigenvalue weighted by molar-refractivity contribution is 5.93. The molecule has 6 nitrogen and oxygen atoms in total. The maximum absolute atomic E-state index is 13.3. The predicted molar refractivity (Wildman–Crippen MR) is 139 cm³/mol. The Bertz CT molecular complexity index is 1320. The van der Waals surface area contributed by atoms with Crippen molar-refractivity contribution in [1.82, 2.24) is 14.9 Å². The molecule has 2 aromatic carbocycles. The lowest BCUT2D eigenvalue weighted by Gasteiger charge is -2.24. The Labute approximate surface area is 211 Å². The van der Waals surface area contributed by atoms with Crippen LogP contribution in [-0.4, -0.2) is 47.1 Å². The largest absolute Gasteiger partial charge is 0.491 e. The molecule has 2 aromatic heterocycles. The molecular weight excluding hydrogens is 450 g/mol. The number of carbonyl (C=O) groups is 1. The van der Waals surface area contributed by atoms with Gasteiger partial charge in [-0.3, -0.25) is 14.8 Å². The van der Waals surface area contributed by atoms with Gasteiger partial charge in [-0.2, -0.15) is 0 Å². The number of rotatable bonds is 2. The number of carbonyl (C=O) groups excluding carboxylic acids is 1. The molecule has 5 rings (SSSR count). The number of fused-ring (bicyclic) bond motifs is 3. The number of hydrogen-bond donors (Lipinski definition) is 0. The van der Waals surface area contributed by atoms with E-state index in [0.29, 0.717) is 44.9 Å². The van der Waals surface area contributed by atoms with Gasteiger partial charge >= 0.3 is 0 Å². The highest BCUT2D eigenvalue weighted by Crippen LogP contribution is 2.29. The normalized spacial score (nSPS) is 14.3. The van der Waals surface area contributed by atoms with Crippen LogP contribution in [0.3, 0.4) is 0 Å². The van der Waals surface area contributed by atoms with E-state index in [9.17, 15) is 4.79 Å². The van der Waals surface area contributed by atoms with Crippen molar-refractivity contribution in [2.45, 2.75) is 19.9 Å². The van der Waals surface area contributed by atoms with Gasteiger partial charge in [-0.15, -0.1) is 0 Å². The Morgan fingerprint density at radius 1 is 0.889 bits per heavy atom. The first-order valence-corrected chi connectivity index (χ1v) is 12.2. The molecule has 36 heavy (non-hydrogen) atoms. The molecule has 1 aliphatic heterocycles. The van der Waals surface area contributed by atoms with Crippen LogP contribution in [0.2, 0.25) is 0 Å². The zero-order valence-corrected chi connectivity index (χ0v) is 20.4. The van der Waals surface area contributed by atoms with Gasteiger partial charge in [-0.05, 0) is 59.5 Å². The van der Waals surface area contributed by atoms with Gasteiger partial charge in [0.15, 0.2) is 0 Å². The Hall–Kier alpha value is -4.03. The first kappa shape index (κ1) is 23.7. The summed E-state index contributed by atoms with van der Waals surface area (Å²) in [5, 5.41) is 0. The average molecular weight is 480 g/mol. The van der Waals surface area contributed by atoms with Crippen LogP contribution in [0.4, 0.5) is 0 Å². The summed E-state index contributed by atoms with van der Waals surface area (Å²) in [6, 6.07) is 22.4. The predicted octanol–water partition coefficient (Wildman–Crippen LogP) is 5.09. The summed E-state index contributed by atoms with van der Waals surface area (Å²) >= 11 is 0. The van der Waals surface area contributed by atoms with Crippen LogP contribution < -0.4 is 4.74 Å². The highest BCUT2D eigenvalue weighted by Gasteiger charge is 2.18. The summed E-state index contributed by atoms with van der Waals surface area (Å²) in [4.78, 5) is 23.7. The highest BCUT2D eigenvalue weighted by atomic mass is 16.5. The summed E-state index contributed by atoms with van der Waals surface area (Å²) in [7, 11) is 0. The molecule has 0 radical (unpaired) electrons. The van der Waals surface area contributed by atoms with Crippen LogP contribution in [0.5, 0.6) is 5.75 Å². The second-order valence-electron chi connectivity index (χ2n) is 8.94. The fraction of sp³-hybridized carbons (Fsp3) is 0.233. The van der Waals surface area contributed by atoms with Gasteiger partial charge < -0.3 is 14.4 Å². The third kappa shape index (κ3) is 5.78. The van der Waals surface area contributed by atoms with Crippen molar-refractivity contribution in [2.24, 2.45) is 0 Å². The molecule has 182 valence electrons. The number of amides is 1. The first-order chi connectivity index (χ1) is 17.7. The molecule has 0 atom stereocenters. The summed E-state index contributed by atoms with van der Waals surface area (Å²) in [6.07, 6.45) is 6.01. The lowest BCUT2D eigenvalue weighted by molar-refractivity contribution is 0.0571. The maximum atomic E-state index is 13.3. The number of hydrogen-bond acceptors (Lipinski definition) is 5. The third-order valence-corrected chi connectivity index (χ3v) is 6.25. The van der Waals surface area contributed by atoms with Gasteiger partial charge in [0, 0.05) is 49.4 Å². The molecule has 0 unspecified atom stereocenters. The Balaban J connectivity index is 1.44. The van der Waals surface area contributed by atoms with E-state index in [1.807, 2.05) is 42.3 Å². The summed E-state index contributed by atoms with van der Waals surface area (Å²) in [5.74, 6) is 0.809. The SMILES string of the molecule is Cc1ccc(C(=O)N2CCOCCOc3ccc(-c4cccnc4)cc3Cc3cccc(c3)C2)cn1. The lowest BCUT2D eigenvalue weighted by Crippen LogP contribution is -2.34. The zero-order valence-electron chi connectivity index (χ0n) is 20.4. The molecule has 1 amide bonds. The number of nitrogens with zero attached hydrogens (tertiary/aromatic N) is 3. The summed E-state index contributed by atoms with van der Waals surface area (Å²) < 4.78 is 12.0. The minimum absolute atomic E-state index is 0.0497. The summed E-state index contributed by atoms with van der Waals surface area (Å²) in [5.41, 5.74) is 6.97. The Kier molecular flexibility index (Phi) is 7.33. The number of ether oxygens (including phenoxy) is 2. The minimum atomic E-state index is -0.0497. The van der Waals surface area contributed by atoms with Gasteiger partial charge in [0.1, 0.15) is 12.4 Å². The van der Waals surface area contributed by atoms with Gasteiger partial charge in [0.05, 0.1) is 18.8 Å². The van der Waals surface area contributed by atoms with Crippen molar-refractivity contribution < 1.29 is 14.3 Å². The van der Waals surface area contributed by atoms with Crippen molar-refractivity contribution in [3.05, 3.63) is 113 Å². The van der Waals surface area contributed by atoms with E-state index in [1.165, 1.54) is 5.56 Å². The molecule has 0 fully saturated rings. The topological polar surface area (TPSA) is 64.6 Å². The molecule has 0 N–H and O–H groups in total. The van der Waals surface area contributed by atoms with E-state index in [2.05, 4.69) is 52.4 Å². The van der Waals surface area contributed by atoms with Crippen molar-refractivity contribution in [3.8, 4) is 16.9 Å². The monoisotopic (exact) mass is 479 g/mol. The molecule has 0 aliphatic carbocycles. The maximum Gasteiger partial charge on any atom is 0.255 e. The first-order valence-electron chi connectivity index (χ1n) is 12.2. The molecule has 3 heterocycles. The van der Waals surface area contributed by atoms with Crippen LogP contribution >= 0.6 is 0 Å². The molecule has 0 saturated carbocycles. The third-order valence-electron chi connectivity index (χ3n) is 6.25. The van der Waals surface area contributed by atoms with Gasteiger partial charge in [0.25, 0.3) is 5.91 Å². The van der Waals surface area contributed by atoms with E-state index in [0.717, 1.165) is 33.7 Å². The van der Waals surface area contributed by atoms with Crippen LogP contribution in [0.15, 0.2) is 85.3 Å². The van der Waals surface area contributed by atoms with Crippen molar-refractivity contribution in [2.75, 3.05) is 26.4 Å². The number of aromatic nitrogens is 2. The van der Waals surface area contributed by atoms with E-state index >= 15 is 0 Å². The number of pyridine rings is 2. The zero-order chi connectivity index (χ0) is 24.7.